The molecule has 3 rings (SSSR count). The first kappa shape index (κ1) is 17.3. The minimum atomic E-state index is 0.198. The van der Waals surface area contributed by atoms with Gasteiger partial charge in [-0.1, -0.05) is 80.4 Å². The monoisotopic (exact) mass is 320 g/mol. The number of aryl methyl sites for hydroxylation is 2. The van der Waals surface area contributed by atoms with Crippen molar-refractivity contribution in [1.29, 1.82) is 0 Å². The van der Waals surface area contributed by atoms with Crippen molar-refractivity contribution in [2.24, 2.45) is 11.3 Å². The summed E-state index contributed by atoms with van der Waals surface area (Å²) < 4.78 is 0. The Hall–Kier alpha value is -1.56. The highest BCUT2D eigenvalue weighted by atomic mass is 14.4. The van der Waals surface area contributed by atoms with Gasteiger partial charge in [-0.05, 0) is 62.0 Å². The molecule has 0 nitrogen and oxygen atoms in total. The molecule has 2 aromatic carbocycles. The van der Waals surface area contributed by atoms with Crippen molar-refractivity contribution in [3.05, 3.63) is 70.8 Å². The summed E-state index contributed by atoms with van der Waals surface area (Å²) in [6.45, 7) is 11.6. The highest BCUT2D eigenvalue weighted by molar-refractivity contribution is 5.41. The van der Waals surface area contributed by atoms with E-state index in [1.807, 2.05) is 0 Å². The summed E-state index contributed by atoms with van der Waals surface area (Å²) in [7, 11) is 0. The number of benzene rings is 2. The maximum atomic E-state index is 2.41. The van der Waals surface area contributed by atoms with Gasteiger partial charge in [-0.2, -0.15) is 0 Å². The second-order valence-electron chi connectivity index (χ2n) is 8.95. The normalized spacial score (nSPS) is 18.5. The van der Waals surface area contributed by atoms with Crippen LogP contribution in [0, 0.1) is 25.2 Å². The first-order valence-electron chi connectivity index (χ1n) is 9.46. The minimum absolute atomic E-state index is 0.198. The molecule has 0 atom stereocenters. The molecule has 0 saturated heterocycles. The van der Waals surface area contributed by atoms with Gasteiger partial charge >= 0.3 is 0 Å². The van der Waals surface area contributed by atoms with Crippen LogP contribution in [0.5, 0.6) is 0 Å². The van der Waals surface area contributed by atoms with E-state index in [1.165, 1.54) is 47.9 Å². The van der Waals surface area contributed by atoms with Crippen molar-refractivity contribution in [2.45, 2.75) is 65.7 Å². The van der Waals surface area contributed by atoms with Crippen LogP contribution >= 0.6 is 0 Å². The van der Waals surface area contributed by atoms with E-state index in [0.717, 1.165) is 5.92 Å². The van der Waals surface area contributed by atoms with Gasteiger partial charge in [0.1, 0.15) is 0 Å². The molecule has 0 bridgehead atoms. The molecule has 24 heavy (non-hydrogen) atoms. The smallest absolute Gasteiger partial charge is 0.0203 e. The van der Waals surface area contributed by atoms with Crippen LogP contribution in [0.3, 0.4) is 0 Å². The molecule has 1 aliphatic rings. The van der Waals surface area contributed by atoms with Gasteiger partial charge in [0, 0.05) is 5.41 Å². The molecule has 0 heterocycles. The zero-order chi connectivity index (χ0) is 17.4. The lowest BCUT2D eigenvalue weighted by atomic mass is 9.59. The minimum Gasteiger partial charge on any atom is -0.0599 e. The van der Waals surface area contributed by atoms with Crippen molar-refractivity contribution >= 4 is 0 Å². The summed E-state index contributed by atoms with van der Waals surface area (Å²) in [6, 6.07) is 18.6. The average Bonchev–Trinajstić information content (AvgIpc) is 2.55. The van der Waals surface area contributed by atoms with Crippen LogP contribution in [0.15, 0.2) is 48.5 Å². The van der Waals surface area contributed by atoms with E-state index in [0.29, 0.717) is 5.41 Å². The maximum absolute atomic E-state index is 2.41. The molecule has 0 spiro atoms. The largest absolute Gasteiger partial charge is 0.0599 e. The zero-order valence-electron chi connectivity index (χ0n) is 16.0. The zero-order valence-corrected chi connectivity index (χ0v) is 16.0. The molecule has 1 saturated carbocycles. The molecule has 0 aromatic heterocycles. The van der Waals surface area contributed by atoms with Crippen LogP contribution < -0.4 is 0 Å². The summed E-state index contributed by atoms with van der Waals surface area (Å²) in [5.74, 6) is 0.835. The average molecular weight is 321 g/mol. The van der Waals surface area contributed by atoms with Crippen LogP contribution in [0.1, 0.15) is 68.7 Å². The van der Waals surface area contributed by atoms with E-state index < -0.39 is 0 Å². The second-order valence-corrected chi connectivity index (χ2v) is 8.95. The molecule has 0 heteroatoms. The molecule has 1 aliphatic carbocycles. The van der Waals surface area contributed by atoms with E-state index in [1.54, 1.807) is 0 Å². The van der Waals surface area contributed by atoms with Crippen molar-refractivity contribution in [3.63, 3.8) is 0 Å². The lowest BCUT2D eigenvalue weighted by molar-refractivity contribution is 0.146. The van der Waals surface area contributed by atoms with Crippen molar-refractivity contribution in [3.8, 4) is 0 Å². The van der Waals surface area contributed by atoms with Gasteiger partial charge < -0.3 is 0 Å². The predicted octanol–water partition coefficient (Wildman–Crippen LogP) is 6.83. The second kappa shape index (κ2) is 6.39. The molecular formula is C24H32. The molecule has 0 amide bonds. The Bertz CT molecular complexity index is 612. The van der Waals surface area contributed by atoms with Gasteiger partial charge in [0.2, 0.25) is 0 Å². The molecule has 0 radical (unpaired) electrons. The number of rotatable bonds is 2. The van der Waals surface area contributed by atoms with Gasteiger partial charge in [-0.3, -0.25) is 0 Å². The fourth-order valence-electron chi connectivity index (χ4n) is 4.47. The van der Waals surface area contributed by atoms with E-state index in [-0.39, 0.29) is 5.41 Å². The van der Waals surface area contributed by atoms with E-state index in [4.69, 9.17) is 0 Å². The van der Waals surface area contributed by atoms with Crippen LogP contribution in [-0.4, -0.2) is 0 Å². The Morgan fingerprint density at radius 3 is 1.42 bits per heavy atom. The predicted molar refractivity (Wildman–Crippen MR) is 105 cm³/mol. The fourth-order valence-corrected chi connectivity index (χ4v) is 4.47. The summed E-state index contributed by atoms with van der Waals surface area (Å²) >= 11 is 0. The SMILES string of the molecule is Cc1ccc(C2(c3ccc(C)cc3)CCC(C(C)(C)C)CC2)cc1. The highest BCUT2D eigenvalue weighted by Crippen LogP contribution is 2.50. The summed E-state index contributed by atoms with van der Waals surface area (Å²) in [5, 5.41) is 0. The van der Waals surface area contributed by atoms with Crippen molar-refractivity contribution in [1.82, 2.24) is 0 Å². The van der Waals surface area contributed by atoms with Gasteiger partial charge in [-0.15, -0.1) is 0 Å². The number of hydrogen-bond donors (Lipinski definition) is 0. The van der Waals surface area contributed by atoms with E-state index in [9.17, 15) is 0 Å². The summed E-state index contributed by atoms with van der Waals surface area (Å²) in [4.78, 5) is 0. The lowest BCUT2D eigenvalue weighted by Gasteiger charge is -2.45. The van der Waals surface area contributed by atoms with Crippen LogP contribution in [0.25, 0.3) is 0 Å². The molecule has 0 unspecified atom stereocenters. The highest BCUT2D eigenvalue weighted by Gasteiger charge is 2.40. The first-order valence-corrected chi connectivity index (χ1v) is 9.46. The van der Waals surface area contributed by atoms with Crippen LogP contribution in [0.4, 0.5) is 0 Å². The third-order valence-electron chi connectivity index (χ3n) is 6.27. The van der Waals surface area contributed by atoms with Crippen LogP contribution in [-0.2, 0) is 5.41 Å². The summed E-state index contributed by atoms with van der Waals surface area (Å²) in [6.07, 6.45) is 5.18. The van der Waals surface area contributed by atoms with Gasteiger partial charge in [-0.25, -0.2) is 0 Å². The topological polar surface area (TPSA) is 0 Å². The first-order chi connectivity index (χ1) is 11.3. The lowest BCUT2D eigenvalue weighted by Crippen LogP contribution is -2.36. The molecule has 128 valence electrons. The van der Waals surface area contributed by atoms with E-state index in [2.05, 4.69) is 83.1 Å². The quantitative estimate of drug-likeness (QED) is 0.569. The van der Waals surface area contributed by atoms with E-state index >= 15 is 0 Å². The Morgan fingerprint density at radius 2 is 1.08 bits per heavy atom. The Kier molecular flexibility index (Phi) is 4.60. The maximum Gasteiger partial charge on any atom is 0.0203 e. The number of hydrogen-bond acceptors (Lipinski definition) is 0. The van der Waals surface area contributed by atoms with Crippen LogP contribution in [0.2, 0.25) is 0 Å². The van der Waals surface area contributed by atoms with Gasteiger partial charge in [0.05, 0.1) is 0 Å². The Labute approximate surface area is 148 Å². The molecule has 0 N–H and O–H groups in total. The third kappa shape index (κ3) is 3.29. The van der Waals surface area contributed by atoms with Crippen molar-refractivity contribution in [2.75, 3.05) is 0 Å². The molecule has 1 fully saturated rings. The fraction of sp³-hybridized carbons (Fsp3) is 0.500. The molecule has 0 aliphatic heterocycles. The van der Waals surface area contributed by atoms with Crippen molar-refractivity contribution < 1.29 is 0 Å². The van der Waals surface area contributed by atoms with Gasteiger partial charge in [0.15, 0.2) is 0 Å². The Balaban J connectivity index is 2.00. The standard InChI is InChI=1S/C24H32/c1-18-6-10-21(11-7-18)24(22-12-8-19(2)9-13-22)16-14-20(15-17-24)23(3,4)5/h6-13,20H,14-17H2,1-5H3. The molecule has 2 aromatic rings. The molecular weight excluding hydrogens is 288 g/mol. The third-order valence-corrected chi connectivity index (χ3v) is 6.27. The van der Waals surface area contributed by atoms with Gasteiger partial charge in [0.25, 0.3) is 0 Å². The Morgan fingerprint density at radius 1 is 0.708 bits per heavy atom. The summed E-state index contributed by atoms with van der Waals surface area (Å²) in [5.41, 5.74) is 6.33.